The summed E-state index contributed by atoms with van der Waals surface area (Å²) < 4.78 is 13.9. The Morgan fingerprint density at radius 2 is 1.68 bits per heavy atom. The number of hydrogen-bond donors (Lipinski definition) is 2. The molecule has 0 fully saturated rings. The Morgan fingerprint density at radius 1 is 0.903 bits per heavy atom. The van der Waals surface area contributed by atoms with Crippen molar-refractivity contribution in [3.63, 3.8) is 0 Å². The highest BCUT2D eigenvalue weighted by Gasteiger charge is 2.16. The van der Waals surface area contributed by atoms with Crippen LogP contribution in [0.3, 0.4) is 0 Å². The van der Waals surface area contributed by atoms with Gasteiger partial charge in [0, 0.05) is 29.5 Å². The van der Waals surface area contributed by atoms with Crippen molar-refractivity contribution in [3.05, 3.63) is 109 Å². The van der Waals surface area contributed by atoms with Gasteiger partial charge in [0.15, 0.2) is 0 Å². The van der Waals surface area contributed by atoms with E-state index in [0.717, 1.165) is 23.6 Å². The Kier molecular flexibility index (Phi) is 4.84. The fourth-order valence-corrected chi connectivity index (χ4v) is 3.82. The number of nitrogens with one attached hydrogen (secondary N) is 2. The number of rotatable bonds is 3. The summed E-state index contributed by atoms with van der Waals surface area (Å²) >= 11 is 0. The predicted molar refractivity (Wildman–Crippen MR) is 125 cm³/mol. The van der Waals surface area contributed by atoms with Crippen LogP contribution in [0.4, 0.5) is 27.1 Å². The zero-order valence-corrected chi connectivity index (χ0v) is 16.7. The standard InChI is InChI=1S/C26H20FN3O/c27-23-9-4-3-8-22(23)26(31)29-19-11-13-20(14-12-19)30-17-5-16-28-25-21-7-2-1-6-18(21)10-15-24(25)30/h1-15,17,28H,16H2,(H,29,31). The van der Waals surface area contributed by atoms with E-state index in [9.17, 15) is 9.18 Å². The number of anilines is 4. The molecule has 0 radical (unpaired) electrons. The van der Waals surface area contributed by atoms with Crippen LogP contribution >= 0.6 is 0 Å². The molecule has 0 spiro atoms. The molecule has 5 rings (SSSR count). The number of hydrogen-bond acceptors (Lipinski definition) is 3. The molecule has 1 amide bonds. The molecule has 0 atom stereocenters. The van der Waals surface area contributed by atoms with E-state index in [0.29, 0.717) is 5.69 Å². The molecule has 31 heavy (non-hydrogen) atoms. The van der Waals surface area contributed by atoms with Crippen LogP contribution in [0.5, 0.6) is 0 Å². The zero-order valence-electron chi connectivity index (χ0n) is 16.7. The quantitative estimate of drug-likeness (QED) is 0.417. The highest BCUT2D eigenvalue weighted by atomic mass is 19.1. The lowest BCUT2D eigenvalue weighted by Gasteiger charge is -2.23. The van der Waals surface area contributed by atoms with Crippen LogP contribution < -0.4 is 15.5 Å². The van der Waals surface area contributed by atoms with Crippen LogP contribution in [0.2, 0.25) is 0 Å². The molecule has 0 aliphatic carbocycles. The number of carbonyl (C=O) groups is 1. The average Bonchev–Trinajstić information content (AvgIpc) is 3.03. The monoisotopic (exact) mass is 409 g/mol. The van der Waals surface area contributed by atoms with Crippen LogP contribution in [0.15, 0.2) is 97.2 Å². The smallest absolute Gasteiger partial charge is 0.258 e. The van der Waals surface area contributed by atoms with Crippen LogP contribution in [0.25, 0.3) is 10.8 Å². The highest BCUT2D eigenvalue weighted by molar-refractivity contribution is 6.05. The summed E-state index contributed by atoms with van der Waals surface area (Å²) in [5.41, 5.74) is 3.72. The van der Waals surface area contributed by atoms with Gasteiger partial charge in [0.2, 0.25) is 0 Å². The molecule has 1 aliphatic heterocycles. The van der Waals surface area contributed by atoms with E-state index in [1.807, 2.05) is 42.6 Å². The van der Waals surface area contributed by atoms with E-state index in [1.54, 1.807) is 12.1 Å². The van der Waals surface area contributed by atoms with E-state index in [-0.39, 0.29) is 5.56 Å². The van der Waals surface area contributed by atoms with Crippen molar-refractivity contribution < 1.29 is 9.18 Å². The van der Waals surface area contributed by atoms with Gasteiger partial charge in [-0.3, -0.25) is 4.79 Å². The summed E-state index contributed by atoms with van der Waals surface area (Å²) in [6.45, 7) is 0.730. The van der Waals surface area contributed by atoms with Gasteiger partial charge in [0.25, 0.3) is 5.91 Å². The molecule has 2 N–H and O–H groups in total. The number of carbonyl (C=O) groups excluding carboxylic acids is 1. The number of nitrogens with zero attached hydrogens (tertiary/aromatic N) is 1. The minimum absolute atomic E-state index is 0.0221. The third-order valence-electron chi connectivity index (χ3n) is 5.34. The van der Waals surface area contributed by atoms with Crippen molar-refractivity contribution in [2.24, 2.45) is 0 Å². The van der Waals surface area contributed by atoms with Crippen molar-refractivity contribution >= 4 is 39.4 Å². The summed E-state index contributed by atoms with van der Waals surface area (Å²) in [5, 5.41) is 8.62. The first-order valence-corrected chi connectivity index (χ1v) is 10.1. The Bertz CT molecular complexity index is 1300. The fourth-order valence-electron chi connectivity index (χ4n) is 3.82. The zero-order chi connectivity index (χ0) is 21.2. The molecule has 0 unspecified atom stereocenters. The van der Waals surface area contributed by atoms with Gasteiger partial charge >= 0.3 is 0 Å². The second kappa shape index (κ2) is 7.95. The van der Waals surface area contributed by atoms with Gasteiger partial charge in [-0.05, 0) is 53.9 Å². The van der Waals surface area contributed by atoms with Crippen molar-refractivity contribution in [3.8, 4) is 0 Å². The van der Waals surface area contributed by atoms with Crippen LogP contribution in [0, 0.1) is 5.82 Å². The van der Waals surface area contributed by atoms with E-state index in [2.05, 4.69) is 45.9 Å². The minimum atomic E-state index is -0.539. The summed E-state index contributed by atoms with van der Waals surface area (Å²) in [6, 6.07) is 26.0. The Labute approximate surface area is 179 Å². The van der Waals surface area contributed by atoms with Gasteiger partial charge < -0.3 is 15.5 Å². The summed E-state index contributed by atoms with van der Waals surface area (Å²) in [4.78, 5) is 14.5. The van der Waals surface area contributed by atoms with Crippen LogP contribution in [0.1, 0.15) is 10.4 Å². The van der Waals surface area contributed by atoms with Crippen molar-refractivity contribution in [2.45, 2.75) is 0 Å². The number of amides is 1. The number of fused-ring (bicyclic) bond motifs is 3. The molecule has 1 aliphatic rings. The van der Waals surface area contributed by atoms with Crippen molar-refractivity contribution in [1.82, 2.24) is 0 Å². The molecule has 0 saturated carbocycles. The molecule has 4 aromatic rings. The predicted octanol–water partition coefficient (Wildman–Crippen LogP) is 6.31. The Hall–Kier alpha value is -4.12. The summed E-state index contributed by atoms with van der Waals surface area (Å²) in [6.07, 6.45) is 4.11. The lowest BCUT2D eigenvalue weighted by Crippen LogP contribution is -2.14. The van der Waals surface area contributed by atoms with Gasteiger partial charge in [-0.15, -0.1) is 0 Å². The lowest BCUT2D eigenvalue weighted by atomic mass is 10.1. The van der Waals surface area contributed by atoms with E-state index in [4.69, 9.17) is 0 Å². The molecule has 152 valence electrons. The van der Waals surface area contributed by atoms with Gasteiger partial charge in [-0.2, -0.15) is 0 Å². The molecule has 0 saturated heterocycles. The first-order chi connectivity index (χ1) is 15.2. The average molecular weight is 409 g/mol. The van der Waals surface area contributed by atoms with E-state index in [1.165, 1.54) is 22.9 Å². The largest absolute Gasteiger partial charge is 0.379 e. The van der Waals surface area contributed by atoms with Crippen LogP contribution in [-0.2, 0) is 0 Å². The Balaban J connectivity index is 1.44. The van der Waals surface area contributed by atoms with E-state index < -0.39 is 11.7 Å². The fraction of sp³-hybridized carbons (Fsp3) is 0.0385. The minimum Gasteiger partial charge on any atom is -0.379 e. The summed E-state index contributed by atoms with van der Waals surface area (Å²) in [5.74, 6) is -1.01. The third-order valence-corrected chi connectivity index (χ3v) is 5.34. The molecule has 0 aromatic heterocycles. The maximum Gasteiger partial charge on any atom is 0.258 e. The summed E-state index contributed by atoms with van der Waals surface area (Å²) in [7, 11) is 0. The molecular weight excluding hydrogens is 389 g/mol. The molecular formula is C26H20FN3O. The maximum absolute atomic E-state index is 13.9. The van der Waals surface area contributed by atoms with Crippen LogP contribution in [-0.4, -0.2) is 12.5 Å². The Morgan fingerprint density at radius 3 is 2.52 bits per heavy atom. The second-order valence-electron chi connectivity index (χ2n) is 7.30. The normalized spacial score (nSPS) is 12.7. The number of benzene rings is 4. The lowest BCUT2D eigenvalue weighted by molar-refractivity contribution is 0.102. The van der Waals surface area contributed by atoms with Gasteiger partial charge in [0.1, 0.15) is 5.82 Å². The third kappa shape index (κ3) is 3.62. The highest BCUT2D eigenvalue weighted by Crippen LogP contribution is 2.39. The van der Waals surface area contributed by atoms with Gasteiger partial charge in [0.05, 0.1) is 16.9 Å². The molecule has 5 heteroatoms. The topological polar surface area (TPSA) is 44.4 Å². The second-order valence-corrected chi connectivity index (χ2v) is 7.30. The van der Waals surface area contributed by atoms with Crippen molar-refractivity contribution in [1.29, 1.82) is 0 Å². The molecule has 1 heterocycles. The molecule has 0 bridgehead atoms. The molecule has 4 nitrogen and oxygen atoms in total. The first-order valence-electron chi connectivity index (χ1n) is 10.1. The SMILES string of the molecule is O=C(Nc1ccc(N2C=CCNc3c2ccc2ccccc32)cc1)c1ccccc1F. The van der Waals surface area contributed by atoms with Gasteiger partial charge in [-0.25, -0.2) is 4.39 Å². The van der Waals surface area contributed by atoms with Crippen molar-refractivity contribution in [2.75, 3.05) is 22.1 Å². The first kappa shape index (κ1) is 18.9. The van der Waals surface area contributed by atoms with Gasteiger partial charge in [-0.1, -0.05) is 42.5 Å². The van der Waals surface area contributed by atoms with E-state index >= 15 is 0 Å². The molecule has 4 aromatic carbocycles. The number of halogens is 1. The maximum atomic E-state index is 13.9.